The summed E-state index contributed by atoms with van der Waals surface area (Å²) in [7, 11) is 0. The number of benzene rings is 1. The van der Waals surface area contributed by atoms with E-state index in [1.54, 1.807) is 6.92 Å². The summed E-state index contributed by atoms with van der Waals surface area (Å²) in [5, 5.41) is 3.73. The highest BCUT2D eigenvalue weighted by molar-refractivity contribution is 9.10. The molecule has 3 rings (SSSR count). The molecule has 0 aliphatic carbocycles. The lowest BCUT2D eigenvalue weighted by molar-refractivity contribution is -0.905. The Labute approximate surface area is 167 Å². The number of halogens is 1. The van der Waals surface area contributed by atoms with Crippen LogP contribution < -0.4 is 10.2 Å². The van der Waals surface area contributed by atoms with E-state index < -0.39 is 5.97 Å². The fourth-order valence-electron chi connectivity index (χ4n) is 3.56. The minimum atomic E-state index is -0.462. The Morgan fingerprint density at radius 1 is 1.33 bits per heavy atom. The number of amides is 1. The van der Waals surface area contributed by atoms with Crippen LogP contribution in [0.25, 0.3) is 10.9 Å². The number of rotatable bonds is 6. The van der Waals surface area contributed by atoms with Gasteiger partial charge in [0, 0.05) is 15.4 Å². The fraction of sp³-hybridized carbons (Fsp3) is 0.500. The molecule has 2 aromatic rings. The summed E-state index contributed by atoms with van der Waals surface area (Å²) in [6, 6.07) is 5.65. The highest BCUT2D eigenvalue weighted by Crippen LogP contribution is 2.31. The van der Waals surface area contributed by atoms with Crippen molar-refractivity contribution in [2.75, 3.05) is 31.6 Å². The first-order chi connectivity index (χ1) is 13.0. The third kappa shape index (κ3) is 4.90. The van der Waals surface area contributed by atoms with Gasteiger partial charge in [0.05, 0.1) is 38.3 Å². The van der Waals surface area contributed by atoms with Crippen LogP contribution in [0.2, 0.25) is 0 Å². The van der Waals surface area contributed by atoms with Gasteiger partial charge in [-0.15, -0.1) is 0 Å². The number of esters is 1. The van der Waals surface area contributed by atoms with Crippen molar-refractivity contribution in [3.05, 3.63) is 28.4 Å². The molecular weight excluding hydrogens is 410 g/mol. The highest BCUT2D eigenvalue weighted by atomic mass is 79.9. The predicted molar refractivity (Wildman–Crippen MR) is 109 cm³/mol. The number of quaternary nitrogens is 1. The maximum atomic E-state index is 12.6. The van der Waals surface area contributed by atoms with E-state index in [0.29, 0.717) is 12.1 Å². The average molecular weight is 437 g/mol. The molecule has 1 saturated heterocycles. The molecule has 0 radical (unpaired) electrons. The molecule has 7 heteroatoms. The first kappa shape index (κ1) is 19.9. The normalized spacial score (nSPS) is 19.8. The van der Waals surface area contributed by atoms with Crippen molar-refractivity contribution in [2.45, 2.75) is 33.1 Å². The number of ether oxygens (including phenoxy) is 1. The number of carbonyl (C=O) groups excluding carboxylic acids is 2. The van der Waals surface area contributed by atoms with Gasteiger partial charge in [-0.3, -0.25) is 4.79 Å². The number of fused-ring (bicyclic) bond motifs is 1. The molecule has 0 spiro atoms. The SMILES string of the molecule is CCOC(=O)c1[nH]c2ccc(Br)cc2c1NC(=O)CC[NH+]1CCC(C)CC1. The van der Waals surface area contributed by atoms with E-state index in [1.165, 1.54) is 17.7 Å². The van der Waals surface area contributed by atoms with Crippen LogP contribution in [0.5, 0.6) is 0 Å². The lowest BCUT2D eigenvalue weighted by atomic mass is 9.99. The lowest BCUT2D eigenvalue weighted by Crippen LogP contribution is -3.13. The van der Waals surface area contributed by atoms with Crippen LogP contribution in [0.3, 0.4) is 0 Å². The Bertz CT molecular complexity index is 825. The molecule has 2 heterocycles. The third-order valence-corrected chi connectivity index (χ3v) is 5.68. The smallest absolute Gasteiger partial charge is 0.356 e. The van der Waals surface area contributed by atoms with Crippen LogP contribution in [0.15, 0.2) is 22.7 Å². The quantitative estimate of drug-likeness (QED) is 0.609. The van der Waals surface area contributed by atoms with Crippen molar-refractivity contribution in [1.29, 1.82) is 0 Å². The standard InChI is InChI=1S/C20H26BrN3O3/c1-3-27-20(26)19-18(15-12-14(21)4-5-16(15)22-19)23-17(25)8-11-24-9-6-13(2)7-10-24/h4-5,12-13,22H,3,6-11H2,1-2H3,(H,23,25)/p+1. The molecule has 1 aliphatic rings. The maximum Gasteiger partial charge on any atom is 0.356 e. The number of hydrogen-bond donors (Lipinski definition) is 3. The van der Waals surface area contributed by atoms with E-state index in [-0.39, 0.29) is 18.2 Å². The summed E-state index contributed by atoms with van der Waals surface area (Å²) in [6.07, 6.45) is 2.88. The summed E-state index contributed by atoms with van der Waals surface area (Å²) in [5.41, 5.74) is 1.57. The zero-order valence-electron chi connectivity index (χ0n) is 15.9. The molecule has 0 unspecified atom stereocenters. The second-order valence-corrected chi connectivity index (χ2v) is 8.18. The number of aromatic nitrogens is 1. The van der Waals surface area contributed by atoms with Crippen LogP contribution in [0.4, 0.5) is 5.69 Å². The molecule has 1 amide bonds. The van der Waals surface area contributed by atoms with Crippen LogP contribution >= 0.6 is 15.9 Å². The minimum absolute atomic E-state index is 0.0763. The average Bonchev–Trinajstić information content (AvgIpc) is 2.99. The van der Waals surface area contributed by atoms with Gasteiger partial charge in [-0.05, 0) is 43.9 Å². The Morgan fingerprint density at radius 2 is 2.07 bits per heavy atom. The van der Waals surface area contributed by atoms with Crippen molar-refractivity contribution in [2.24, 2.45) is 5.92 Å². The number of carbonyl (C=O) groups is 2. The van der Waals surface area contributed by atoms with Crippen molar-refractivity contribution in [3.63, 3.8) is 0 Å². The first-order valence-corrected chi connectivity index (χ1v) is 10.4. The molecule has 0 saturated carbocycles. The number of H-pyrrole nitrogens is 1. The molecule has 146 valence electrons. The lowest BCUT2D eigenvalue weighted by Gasteiger charge is -2.27. The fourth-order valence-corrected chi connectivity index (χ4v) is 3.92. The first-order valence-electron chi connectivity index (χ1n) is 9.59. The largest absolute Gasteiger partial charge is 0.461 e. The second-order valence-electron chi connectivity index (χ2n) is 7.27. The Balaban J connectivity index is 1.74. The summed E-state index contributed by atoms with van der Waals surface area (Å²) < 4.78 is 6.02. The van der Waals surface area contributed by atoms with Gasteiger partial charge in [-0.2, -0.15) is 0 Å². The van der Waals surface area contributed by atoms with Crippen LogP contribution in [0.1, 0.15) is 43.6 Å². The van der Waals surface area contributed by atoms with E-state index in [1.807, 2.05) is 18.2 Å². The molecule has 1 aromatic carbocycles. The van der Waals surface area contributed by atoms with E-state index in [0.717, 1.165) is 40.9 Å². The molecule has 1 aromatic heterocycles. The highest BCUT2D eigenvalue weighted by Gasteiger charge is 2.23. The number of nitrogens with one attached hydrogen (secondary N) is 3. The number of anilines is 1. The zero-order chi connectivity index (χ0) is 19.4. The van der Waals surface area contributed by atoms with Crippen LogP contribution in [-0.2, 0) is 9.53 Å². The van der Waals surface area contributed by atoms with E-state index in [2.05, 4.69) is 33.2 Å². The molecule has 0 bridgehead atoms. The zero-order valence-corrected chi connectivity index (χ0v) is 17.4. The second kappa shape index (κ2) is 8.89. The molecular formula is C20H27BrN3O3+. The van der Waals surface area contributed by atoms with Crippen molar-refractivity contribution in [3.8, 4) is 0 Å². The molecule has 6 nitrogen and oxygen atoms in total. The topological polar surface area (TPSA) is 75.6 Å². The van der Waals surface area contributed by atoms with Gasteiger partial charge in [0.15, 0.2) is 0 Å². The van der Waals surface area contributed by atoms with Gasteiger partial charge >= 0.3 is 5.97 Å². The Kier molecular flexibility index (Phi) is 6.55. The monoisotopic (exact) mass is 436 g/mol. The van der Waals surface area contributed by atoms with E-state index in [9.17, 15) is 9.59 Å². The summed E-state index contributed by atoms with van der Waals surface area (Å²) >= 11 is 3.45. The van der Waals surface area contributed by atoms with Gasteiger partial charge in [-0.25, -0.2) is 4.79 Å². The van der Waals surface area contributed by atoms with Gasteiger partial charge in [0.2, 0.25) is 5.91 Å². The Morgan fingerprint density at radius 3 is 2.78 bits per heavy atom. The van der Waals surface area contributed by atoms with Gasteiger partial charge in [-0.1, -0.05) is 22.9 Å². The van der Waals surface area contributed by atoms with Gasteiger partial charge < -0.3 is 19.9 Å². The van der Waals surface area contributed by atoms with Crippen LogP contribution in [0, 0.1) is 5.92 Å². The molecule has 0 atom stereocenters. The molecule has 3 N–H and O–H groups in total. The third-order valence-electron chi connectivity index (χ3n) is 5.19. The van der Waals surface area contributed by atoms with E-state index >= 15 is 0 Å². The number of aromatic amines is 1. The predicted octanol–water partition coefficient (Wildman–Crippen LogP) is 2.75. The van der Waals surface area contributed by atoms with Crippen LogP contribution in [-0.4, -0.2) is 43.1 Å². The summed E-state index contributed by atoms with van der Waals surface area (Å²) in [6.45, 7) is 7.40. The molecule has 1 fully saturated rings. The number of piperidine rings is 1. The molecule has 27 heavy (non-hydrogen) atoms. The van der Waals surface area contributed by atoms with E-state index in [4.69, 9.17) is 4.74 Å². The van der Waals surface area contributed by atoms with Crippen molar-refractivity contribution < 1.29 is 19.2 Å². The van der Waals surface area contributed by atoms with Gasteiger partial charge in [0.25, 0.3) is 0 Å². The Hall–Kier alpha value is -1.86. The molecule has 1 aliphatic heterocycles. The number of hydrogen-bond acceptors (Lipinski definition) is 3. The number of likely N-dealkylation sites (tertiary alicyclic amines) is 1. The summed E-state index contributed by atoms with van der Waals surface area (Å²) in [4.78, 5) is 29.5. The summed E-state index contributed by atoms with van der Waals surface area (Å²) in [5.74, 6) is 0.252. The minimum Gasteiger partial charge on any atom is -0.461 e. The van der Waals surface area contributed by atoms with Crippen molar-refractivity contribution in [1.82, 2.24) is 4.98 Å². The van der Waals surface area contributed by atoms with Gasteiger partial charge in [0.1, 0.15) is 5.69 Å². The maximum absolute atomic E-state index is 12.6. The van der Waals surface area contributed by atoms with Crippen molar-refractivity contribution >= 4 is 44.4 Å².